The molecule has 1 heterocycles. The van der Waals surface area contributed by atoms with E-state index in [1.165, 1.54) is 40.3 Å². The topological polar surface area (TPSA) is 108 Å². The van der Waals surface area contributed by atoms with Gasteiger partial charge in [0.25, 0.3) is 0 Å². The number of ether oxygens (including phenoxy) is 1. The molecule has 2 aromatic carbocycles. The highest BCUT2D eigenvalue weighted by atomic mass is 32.2. The van der Waals surface area contributed by atoms with Crippen molar-refractivity contribution in [2.24, 2.45) is 0 Å². The maximum absolute atomic E-state index is 12.6. The van der Waals surface area contributed by atoms with Crippen molar-refractivity contribution in [2.75, 3.05) is 31.6 Å². The second-order valence-electron chi connectivity index (χ2n) is 7.03. The number of esters is 1. The van der Waals surface area contributed by atoms with Gasteiger partial charge >= 0.3 is 5.97 Å². The number of hydrogen-bond donors (Lipinski definition) is 0. The standard InChI is InChI=1S/C23H23N3O5S2/c1-4-26(5-2)33(29,30)17-12-10-16(11-13-17)23(28)31-15-20(27)18(14-24)22-25(3)19-8-6-7-9-21(19)32-22/h6-13H,4-5,15H2,1-3H3/b22-18-. The summed E-state index contributed by atoms with van der Waals surface area (Å²) in [5.74, 6) is -1.40. The van der Waals surface area contributed by atoms with Gasteiger partial charge in [-0.1, -0.05) is 37.7 Å². The van der Waals surface area contributed by atoms with Crippen molar-refractivity contribution in [1.29, 1.82) is 5.26 Å². The molecule has 0 atom stereocenters. The Labute approximate surface area is 197 Å². The summed E-state index contributed by atoms with van der Waals surface area (Å²) >= 11 is 1.31. The Morgan fingerprint density at radius 2 is 1.73 bits per heavy atom. The van der Waals surface area contributed by atoms with Crippen LogP contribution in [-0.2, 0) is 19.6 Å². The average molecular weight is 486 g/mol. The van der Waals surface area contributed by atoms with E-state index in [1.54, 1.807) is 25.8 Å². The van der Waals surface area contributed by atoms with Crippen LogP contribution in [0.4, 0.5) is 5.69 Å². The summed E-state index contributed by atoms with van der Waals surface area (Å²) in [6.45, 7) is 3.56. The van der Waals surface area contributed by atoms with E-state index in [4.69, 9.17) is 4.74 Å². The number of Topliss-reactive ketones (excluding diaryl/α,β-unsaturated/α-hetero) is 1. The second-order valence-corrected chi connectivity index (χ2v) is 10.0. The largest absolute Gasteiger partial charge is 0.454 e. The van der Waals surface area contributed by atoms with Gasteiger partial charge in [0.1, 0.15) is 16.7 Å². The molecule has 0 saturated carbocycles. The molecule has 0 saturated heterocycles. The van der Waals surface area contributed by atoms with Gasteiger partial charge in [0, 0.05) is 25.0 Å². The summed E-state index contributed by atoms with van der Waals surface area (Å²) in [6, 6.07) is 14.8. The van der Waals surface area contributed by atoms with Crippen LogP contribution >= 0.6 is 11.8 Å². The molecule has 1 aliphatic heterocycles. The fraction of sp³-hybridized carbons (Fsp3) is 0.261. The number of thioether (sulfide) groups is 1. The average Bonchev–Trinajstić information content (AvgIpc) is 3.15. The van der Waals surface area contributed by atoms with Gasteiger partial charge in [-0.25, -0.2) is 13.2 Å². The quantitative estimate of drug-likeness (QED) is 0.318. The lowest BCUT2D eigenvalue weighted by atomic mass is 10.2. The highest BCUT2D eigenvalue weighted by Crippen LogP contribution is 2.46. The van der Waals surface area contributed by atoms with Gasteiger partial charge in [0.2, 0.25) is 15.8 Å². The van der Waals surface area contributed by atoms with Crippen molar-refractivity contribution < 1.29 is 22.7 Å². The normalized spacial score (nSPS) is 14.6. The number of nitriles is 1. The number of sulfonamides is 1. The summed E-state index contributed by atoms with van der Waals surface area (Å²) in [6.07, 6.45) is 0. The molecule has 0 fully saturated rings. The Balaban J connectivity index is 1.70. The van der Waals surface area contributed by atoms with Crippen molar-refractivity contribution in [3.63, 3.8) is 0 Å². The van der Waals surface area contributed by atoms with Crippen LogP contribution in [0.3, 0.4) is 0 Å². The third-order valence-electron chi connectivity index (χ3n) is 5.11. The number of hydrogen-bond acceptors (Lipinski definition) is 8. The Kier molecular flexibility index (Phi) is 7.58. The van der Waals surface area contributed by atoms with Crippen LogP contribution in [0.25, 0.3) is 0 Å². The molecule has 3 rings (SSSR count). The van der Waals surface area contributed by atoms with Crippen molar-refractivity contribution in [2.45, 2.75) is 23.6 Å². The summed E-state index contributed by atoms with van der Waals surface area (Å²) < 4.78 is 31.5. The lowest BCUT2D eigenvalue weighted by Gasteiger charge is -2.18. The van der Waals surface area contributed by atoms with Gasteiger partial charge in [-0.05, 0) is 36.4 Å². The van der Waals surface area contributed by atoms with Gasteiger partial charge in [0.05, 0.1) is 16.1 Å². The minimum absolute atomic E-state index is 0.0659. The van der Waals surface area contributed by atoms with Crippen LogP contribution in [0.5, 0.6) is 0 Å². The van der Waals surface area contributed by atoms with Crippen molar-refractivity contribution in [3.05, 3.63) is 64.7 Å². The molecule has 0 radical (unpaired) electrons. The first kappa shape index (κ1) is 24.5. The molecule has 172 valence electrons. The zero-order valence-electron chi connectivity index (χ0n) is 18.4. The number of carbonyl (C=O) groups excluding carboxylic acids is 2. The zero-order chi connectivity index (χ0) is 24.2. The predicted octanol–water partition coefficient (Wildman–Crippen LogP) is 3.42. The minimum Gasteiger partial charge on any atom is -0.454 e. The Morgan fingerprint density at radius 3 is 2.30 bits per heavy atom. The van der Waals surface area contributed by atoms with Crippen LogP contribution < -0.4 is 4.90 Å². The van der Waals surface area contributed by atoms with Crippen LogP contribution in [0.15, 0.2) is 68.9 Å². The van der Waals surface area contributed by atoms with Gasteiger partial charge in [-0.15, -0.1) is 0 Å². The molecule has 0 unspecified atom stereocenters. The summed E-state index contributed by atoms with van der Waals surface area (Å²) in [7, 11) is -1.88. The maximum Gasteiger partial charge on any atom is 0.338 e. The fourth-order valence-corrected chi connectivity index (χ4v) is 5.93. The van der Waals surface area contributed by atoms with Gasteiger partial charge in [-0.2, -0.15) is 9.57 Å². The Morgan fingerprint density at radius 1 is 1.09 bits per heavy atom. The number of benzene rings is 2. The molecule has 0 N–H and O–H groups in total. The molecular formula is C23H23N3O5S2. The summed E-state index contributed by atoms with van der Waals surface area (Å²) in [5, 5.41) is 10.0. The Bertz CT molecular complexity index is 1240. The molecule has 1 aliphatic rings. The van der Waals surface area contributed by atoms with Crippen LogP contribution in [0.1, 0.15) is 24.2 Å². The van der Waals surface area contributed by atoms with E-state index in [-0.39, 0.29) is 16.0 Å². The minimum atomic E-state index is -3.64. The van der Waals surface area contributed by atoms with Crippen molar-refractivity contribution in [1.82, 2.24) is 4.31 Å². The molecule has 0 aliphatic carbocycles. The van der Waals surface area contributed by atoms with Gasteiger partial charge in [0.15, 0.2) is 6.61 Å². The van der Waals surface area contributed by atoms with Crippen LogP contribution in [0.2, 0.25) is 0 Å². The molecule has 0 amide bonds. The van der Waals surface area contributed by atoms with E-state index in [0.29, 0.717) is 18.1 Å². The molecule has 8 nitrogen and oxygen atoms in total. The third-order valence-corrected chi connectivity index (χ3v) is 8.41. The lowest BCUT2D eigenvalue weighted by Crippen LogP contribution is -2.30. The SMILES string of the molecule is CCN(CC)S(=O)(=O)c1ccc(C(=O)OCC(=O)/C(C#N)=C2\Sc3ccccc3N2C)cc1. The molecule has 10 heteroatoms. The van der Waals surface area contributed by atoms with E-state index < -0.39 is 28.4 Å². The fourth-order valence-electron chi connectivity index (χ4n) is 3.31. The number of nitrogens with zero attached hydrogens (tertiary/aromatic N) is 3. The molecule has 33 heavy (non-hydrogen) atoms. The first-order valence-corrected chi connectivity index (χ1v) is 12.5. The highest BCUT2D eigenvalue weighted by Gasteiger charge is 2.28. The van der Waals surface area contributed by atoms with Gasteiger partial charge < -0.3 is 9.64 Å². The zero-order valence-corrected chi connectivity index (χ0v) is 20.1. The van der Waals surface area contributed by atoms with E-state index >= 15 is 0 Å². The van der Waals surface area contributed by atoms with Gasteiger partial charge in [-0.3, -0.25) is 4.79 Å². The Hall–Kier alpha value is -3.13. The number of para-hydroxylation sites is 1. The van der Waals surface area contributed by atoms with E-state index in [2.05, 4.69) is 0 Å². The second kappa shape index (κ2) is 10.2. The number of fused-ring (bicyclic) bond motifs is 1. The molecular weight excluding hydrogens is 462 g/mol. The maximum atomic E-state index is 12.6. The molecule has 2 aromatic rings. The first-order valence-electron chi connectivity index (χ1n) is 10.2. The molecule has 0 spiro atoms. The third kappa shape index (κ3) is 4.95. The van der Waals surface area contributed by atoms with E-state index in [9.17, 15) is 23.3 Å². The monoisotopic (exact) mass is 485 g/mol. The first-order chi connectivity index (χ1) is 15.7. The highest BCUT2D eigenvalue weighted by molar-refractivity contribution is 8.03. The van der Waals surface area contributed by atoms with E-state index in [0.717, 1.165) is 10.6 Å². The number of carbonyl (C=O) groups is 2. The number of ketones is 1. The van der Waals surface area contributed by atoms with Crippen LogP contribution in [-0.4, -0.2) is 51.2 Å². The van der Waals surface area contributed by atoms with Crippen molar-refractivity contribution >= 4 is 39.2 Å². The number of rotatable bonds is 8. The smallest absolute Gasteiger partial charge is 0.338 e. The molecule has 0 aromatic heterocycles. The lowest BCUT2D eigenvalue weighted by molar-refractivity contribution is -0.118. The molecule has 0 bridgehead atoms. The van der Waals surface area contributed by atoms with Crippen LogP contribution in [0, 0.1) is 11.3 Å². The van der Waals surface area contributed by atoms with E-state index in [1.807, 2.05) is 30.3 Å². The predicted molar refractivity (Wildman–Crippen MR) is 125 cm³/mol. The summed E-state index contributed by atoms with van der Waals surface area (Å²) in [4.78, 5) is 27.8. The van der Waals surface area contributed by atoms with Crippen molar-refractivity contribution in [3.8, 4) is 6.07 Å². The summed E-state index contributed by atoms with van der Waals surface area (Å²) in [5.41, 5.74) is 0.897. The number of anilines is 1.